The molecule has 0 unspecified atom stereocenters. The molecular formula is C24H22ClN7O. The third kappa shape index (κ3) is 4.75. The van der Waals surface area contributed by atoms with Gasteiger partial charge in [0.15, 0.2) is 5.82 Å². The Bertz CT molecular complexity index is 1390. The number of ether oxygens (including phenoxy) is 1. The maximum absolute atomic E-state index is 5.86. The number of anilines is 3. The van der Waals surface area contributed by atoms with Gasteiger partial charge in [0.2, 0.25) is 11.8 Å². The van der Waals surface area contributed by atoms with E-state index >= 15 is 0 Å². The second kappa shape index (κ2) is 8.84. The number of hydrogen-bond donors (Lipinski definition) is 2. The van der Waals surface area contributed by atoms with E-state index in [2.05, 4.69) is 26.8 Å². The van der Waals surface area contributed by atoms with Crippen molar-refractivity contribution < 1.29 is 4.74 Å². The molecule has 5 rings (SSSR count). The predicted molar refractivity (Wildman–Crippen MR) is 130 cm³/mol. The Morgan fingerprint density at radius 1 is 1.00 bits per heavy atom. The van der Waals surface area contributed by atoms with Crippen LogP contribution in [0.5, 0.6) is 11.6 Å². The number of rotatable bonds is 7. The van der Waals surface area contributed by atoms with Crippen LogP contribution in [0.15, 0.2) is 73.1 Å². The van der Waals surface area contributed by atoms with Crippen LogP contribution in [0.1, 0.15) is 5.56 Å². The molecule has 9 heteroatoms. The summed E-state index contributed by atoms with van der Waals surface area (Å²) in [6, 6.07) is 19.3. The van der Waals surface area contributed by atoms with Crippen molar-refractivity contribution in [1.29, 1.82) is 0 Å². The normalized spacial score (nSPS) is 11.0. The lowest BCUT2D eigenvalue weighted by molar-refractivity contribution is 0.463. The molecule has 2 N–H and O–H groups in total. The topological polar surface area (TPSA) is 81.8 Å². The third-order valence-corrected chi connectivity index (χ3v) is 5.39. The first-order valence-corrected chi connectivity index (χ1v) is 10.8. The van der Waals surface area contributed by atoms with Gasteiger partial charge in [-0.05, 0) is 42.0 Å². The minimum Gasteiger partial charge on any atom is -0.439 e. The van der Waals surface area contributed by atoms with Crippen molar-refractivity contribution >= 4 is 40.1 Å². The van der Waals surface area contributed by atoms with Crippen molar-refractivity contribution in [3.8, 4) is 11.6 Å². The van der Waals surface area contributed by atoms with E-state index in [1.165, 1.54) is 0 Å². The van der Waals surface area contributed by atoms with Crippen molar-refractivity contribution in [2.45, 2.75) is 6.54 Å². The van der Waals surface area contributed by atoms with E-state index in [-0.39, 0.29) is 0 Å². The maximum Gasteiger partial charge on any atom is 0.219 e. The van der Waals surface area contributed by atoms with Gasteiger partial charge in [-0.1, -0.05) is 23.7 Å². The summed E-state index contributed by atoms with van der Waals surface area (Å²) in [5.74, 6) is 2.81. The van der Waals surface area contributed by atoms with E-state index < -0.39 is 0 Å². The number of nitrogens with one attached hydrogen (secondary N) is 2. The predicted octanol–water partition coefficient (Wildman–Crippen LogP) is 5.50. The molecule has 2 aromatic carbocycles. The van der Waals surface area contributed by atoms with E-state index in [1.807, 2.05) is 67.3 Å². The molecule has 0 aliphatic carbocycles. The lowest BCUT2D eigenvalue weighted by Gasteiger charge is -2.08. The molecule has 0 amide bonds. The van der Waals surface area contributed by atoms with E-state index in [0.29, 0.717) is 23.2 Å². The van der Waals surface area contributed by atoms with Crippen LogP contribution in [0, 0.1) is 0 Å². The molecule has 0 aliphatic heterocycles. The fourth-order valence-corrected chi connectivity index (χ4v) is 3.57. The molecule has 0 bridgehead atoms. The smallest absolute Gasteiger partial charge is 0.219 e. The van der Waals surface area contributed by atoms with E-state index in [1.54, 1.807) is 23.0 Å². The summed E-state index contributed by atoms with van der Waals surface area (Å²) in [6.45, 7) is 0.635. The van der Waals surface area contributed by atoms with Gasteiger partial charge < -0.3 is 19.9 Å². The van der Waals surface area contributed by atoms with Crippen molar-refractivity contribution in [1.82, 2.24) is 24.3 Å². The number of aromatic nitrogens is 5. The Morgan fingerprint density at radius 2 is 1.85 bits per heavy atom. The van der Waals surface area contributed by atoms with Crippen LogP contribution in [0.25, 0.3) is 11.0 Å². The van der Waals surface area contributed by atoms with Gasteiger partial charge in [-0.15, -0.1) is 0 Å². The Balaban J connectivity index is 1.25. The third-order valence-electron chi connectivity index (χ3n) is 5.16. The van der Waals surface area contributed by atoms with Crippen molar-refractivity contribution in [3.63, 3.8) is 0 Å². The van der Waals surface area contributed by atoms with Crippen LogP contribution >= 0.6 is 11.6 Å². The highest BCUT2D eigenvalue weighted by Crippen LogP contribution is 2.25. The minimum atomic E-state index is 0.502. The highest BCUT2D eigenvalue weighted by Gasteiger charge is 2.09. The van der Waals surface area contributed by atoms with E-state index in [9.17, 15) is 0 Å². The van der Waals surface area contributed by atoms with Gasteiger partial charge in [0.1, 0.15) is 5.75 Å². The number of benzene rings is 2. The number of pyridine rings is 1. The molecule has 8 nitrogen and oxygen atoms in total. The molecule has 5 aromatic rings. The van der Waals surface area contributed by atoms with Crippen LogP contribution in [-0.4, -0.2) is 24.3 Å². The first-order chi connectivity index (χ1) is 16.0. The van der Waals surface area contributed by atoms with Crippen molar-refractivity contribution in [2.75, 3.05) is 10.6 Å². The van der Waals surface area contributed by atoms with Crippen molar-refractivity contribution in [2.24, 2.45) is 14.1 Å². The first-order valence-electron chi connectivity index (χ1n) is 10.4. The number of fused-ring (bicyclic) bond motifs is 1. The number of hydrogen-bond acceptors (Lipinski definition) is 6. The molecule has 0 saturated heterocycles. The molecule has 33 heavy (non-hydrogen) atoms. The average molecular weight is 460 g/mol. The summed E-state index contributed by atoms with van der Waals surface area (Å²) >= 11 is 5.86. The summed E-state index contributed by atoms with van der Waals surface area (Å²) in [5, 5.41) is 11.7. The lowest BCUT2D eigenvalue weighted by Crippen LogP contribution is -2.05. The van der Waals surface area contributed by atoms with Gasteiger partial charge in [-0.25, -0.2) is 9.97 Å². The van der Waals surface area contributed by atoms with Crippen LogP contribution in [0.2, 0.25) is 5.02 Å². The minimum absolute atomic E-state index is 0.502. The molecular weight excluding hydrogens is 438 g/mol. The molecule has 166 valence electrons. The highest BCUT2D eigenvalue weighted by atomic mass is 35.5. The zero-order valence-electron chi connectivity index (χ0n) is 18.2. The lowest BCUT2D eigenvalue weighted by atomic mass is 10.2. The first kappa shape index (κ1) is 20.8. The molecule has 0 aliphatic rings. The Kier molecular flexibility index (Phi) is 5.58. The second-order valence-electron chi connectivity index (χ2n) is 7.61. The van der Waals surface area contributed by atoms with Crippen molar-refractivity contribution in [3.05, 3.63) is 83.6 Å². The zero-order valence-corrected chi connectivity index (χ0v) is 18.9. The SMILES string of the molecule is Cn1ccc(Nc2ccc3nc(NCc4ccc(Oc5ccc(Cl)cn5)cc4)n(C)c3c2)n1. The molecule has 0 spiro atoms. The number of imidazole rings is 1. The number of halogens is 1. The van der Waals surface area contributed by atoms with Gasteiger partial charge in [0.05, 0.1) is 16.1 Å². The highest BCUT2D eigenvalue weighted by molar-refractivity contribution is 6.30. The quantitative estimate of drug-likeness (QED) is 0.334. The van der Waals surface area contributed by atoms with E-state index in [4.69, 9.17) is 21.3 Å². The molecule has 3 heterocycles. The number of nitrogens with zero attached hydrogens (tertiary/aromatic N) is 5. The van der Waals surface area contributed by atoms with Gasteiger partial charge in [0, 0.05) is 50.9 Å². The Morgan fingerprint density at radius 3 is 2.58 bits per heavy atom. The van der Waals surface area contributed by atoms with Crippen LogP contribution < -0.4 is 15.4 Å². The zero-order chi connectivity index (χ0) is 22.8. The average Bonchev–Trinajstić information content (AvgIpc) is 3.37. The van der Waals surface area contributed by atoms with Crippen LogP contribution in [-0.2, 0) is 20.6 Å². The van der Waals surface area contributed by atoms with Gasteiger partial charge in [0.25, 0.3) is 0 Å². The molecule has 0 saturated carbocycles. The summed E-state index contributed by atoms with van der Waals surface area (Å²) < 4.78 is 9.56. The van der Waals surface area contributed by atoms with Gasteiger partial charge >= 0.3 is 0 Å². The maximum atomic E-state index is 5.86. The van der Waals surface area contributed by atoms with Gasteiger partial charge in [-0.2, -0.15) is 5.10 Å². The summed E-state index contributed by atoms with van der Waals surface area (Å²) in [6.07, 6.45) is 3.46. The fourth-order valence-electron chi connectivity index (χ4n) is 3.46. The number of aryl methyl sites for hydroxylation is 2. The largest absolute Gasteiger partial charge is 0.439 e. The summed E-state index contributed by atoms with van der Waals surface area (Å²) in [4.78, 5) is 8.87. The van der Waals surface area contributed by atoms with Gasteiger partial charge in [-0.3, -0.25) is 4.68 Å². The molecule has 0 atom stereocenters. The van der Waals surface area contributed by atoms with Crippen LogP contribution in [0.4, 0.5) is 17.5 Å². The molecule has 3 aromatic heterocycles. The Labute approximate surface area is 195 Å². The van der Waals surface area contributed by atoms with E-state index in [0.717, 1.165) is 34.1 Å². The summed E-state index contributed by atoms with van der Waals surface area (Å²) in [7, 11) is 3.89. The molecule has 0 fully saturated rings. The summed E-state index contributed by atoms with van der Waals surface area (Å²) in [5.41, 5.74) is 4.01. The second-order valence-corrected chi connectivity index (χ2v) is 8.05. The standard InChI is InChI=1S/C24H22ClN7O/c1-31-12-11-22(30-31)28-18-6-9-20-21(13-18)32(2)24(29-20)27-14-16-3-7-19(8-4-16)33-23-10-5-17(25)15-26-23/h3-13,15H,14H2,1-2H3,(H,27,29)(H,28,30). The monoisotopic (exact) mass is 459 g/mol. The molecule has 0 radical (unpaired) electrons. The van der Waals surface area contributed by atoms with Crippen LogP contribution in [0.3, 0.4) is 0 Å². The fraction of sp³-hybridized carbons (Fsp3) is 0.125. The Hall–Kier alpha value is -4.04.